The number of amides is 1. The molecule has 22 heavy (non-hydrogen) atoms. The maximum atomic E-state index is 12.5. The van der Waals surface area contributed by atoms with E-state index in [4.69, 9.17) is 0 Å². The molecule has 0 aromatic heterocycles. The van der Waals surface area contributed by atoms with Crippen LogP contribution in [0.15, 0.2) is 0 Å². The summed E-state index contributed by atoms with van der Waals surface area (Å²) in [6, 6.07) is -0.227. The Morgan fingerprint density at radius 2 is 1.55 bits per heavy atom. The number of rotatable bonds is 3. The van der Waals surface area contributed by atoms with Crippen LogP contribution in [0.1, 0.15) is 51.4 Å². The van der Waals surface area contributed by atoms with Gasteiger partial charge in [-0.15, -0.1) is 0 Å². The second-order valence-corrected chi connectivity index (χ2v) is 9.34. The van der Waals surface area contributed by atoms with Crippen LogP contribution in [-0.4, -0.2) is 55.9 Å². The number of hydrogen-bond donors (Lipinski definition) is 1. The lowest BCUT2D eigenvalue weighted by Gasteiger charge is -2.35. The minimum Gasteiger partial charge on any atom is -0.350 e. The molecule has 2 unspecified atom stereocenters. The summed E-state index contributed by atoms with van der Waals surface area (Å²) in [5.41, 5.74) is 0. The zero-order valence-corrected chi connectivity index (χ0v) is 14.1. The number of nitrogens with one attached hydrogen (secondary N) is 1. The first-order valence-corrected chi connectivity index (χ1v) is 10.6. The summed E-state index contributed by atoms with van der Waals surface area (Å²) in [6.45, 7) is 1.94. The molecule has 1 N–H and O–H groups in total. The largest absolute Gasteiger partial charge is 0.350 e. The standard InChI is InChI=1S/C16H28N2O3S/c19-16(13-7-3-1-4-8-13)17-14-11-22(20,21)12-15(14)18-9-5-2-6-10-18/h13-15H,1-12H2,(H,17,19). The average Bonchev–Trinajstić information content (AvgIpc) is 2.83. The van der Waals surface area contributed by atoms with Crippen LogP contribution in [0.3, 0.4) is 0 Å². The van der Waals surface area contributed by atoms with Crippen molar-refractivity contribution < 1.29 is 13.2 Å². The number of piperidine rings is 1. The molecule has 6 heteroatoms. The van der Waals surface area contributed by atoms with Crippen molar-refractivity contribution in [1.82, 2.24) is 10.2 Å². The van der Waals surface area contributed by atoms with E-state index < -0.39 is 9.84 Å². The molecule has 0 radical (unpaired) electrons. The lowest BCUT2D eigenvalue weighted by atomic mass is 9.88. The summed E-state index contributed by atoms with van der Waals surface area (Å²) >= 11 is 0. The van der Waals surface area contributed by atoms with E-state index in [2.05, 4.69) is 10.2 Å². The molecule has 0 spiro atoms. The zero-order chi connectivity index (χ0) is 15.6. The minimum absolute atomic E-state index is 0.0159. The van der Waals surface area contributed by atoms with E-state index in [1.165, 1.54) is 12.8 Å². The Hall–Kier alpha value is -0.620. The molecule has 3 aliphatic rings. The summed E-state index contributed by atoms with van der Waals surface area (Å²) in [6.07, 6.45) is 8.89. The third kappa shape index (κ3) is 3.82. The number of sulfone groups is 1. The van der Waals surface area contributed by atoms with Crippen molar-refractivity contribution in [1.29, 1.82) is 0 Å². The Morgan fingerprint density at radius 1 is 0.909 bits per heavy atom. The van der Waals surface area contributed by atoms with E-state index in [0.29, 0.717) is 0 Å². The predicted octanol–water partition coefficient (Wildman–Crippen LogP) is 1.33. The highest BCUT2D eigenvalue weighted by Gasteiger charge is 2.42. The SMILES string of the molecule is O=C(NC1CS(=O)(=O)CC1N1CCCCC1)C1CCCCC1. The van der Waals surface area contributed by atoms with Crippen molar-refractivity contribution in [2.45, 2.75) is 63.5 Å². The topological polar surface area (TPSA) is 66.5 Å². The Labute approximate surface area is 133 Å². The van der Waals surface area contributed by atoms with Gasteiger partial charge in [0.15, 0.2) is 9.84 Å². The second-order valence-electron chi connectivity index (χ2n) is 7.19. The van der Waals surface area contributed by atoms with Crippen molar-refractivity contribution in [3.63, 3.8) is 0 Å². The summed E-state index contributed by atoms with van der Waals surface area (Å²) in [7, 11) is -3.03. The molecule has 0 aromatic rings. The molecular formula is C16H28N2O3S. The van der Waals surface area contributed by atoms with Crippen molar-refractivity contribution in [2.75, 3.05) is 24.6 Å². The number of carbonyl (C=O) groups excluding carboxylic acids is 1. The fraction of sp³-hybridized carbons (Fsp3) is 0.938. The molecule has 0 bridgehead atoms. The Kier molecular flexibility index (Phi) is 5.07. The first kappa shape index (κ1) is 16.2. The molecule has 3 fully saturated rings. The van der Waals surface area contributed by atoms with Crippen LogP contribution in [0.4, 0.5) is 0 Å². The molecule has 126 valence electrons. The van der Waals surface area contributed by atoms with E-state index in [1.54, 1.807) is 0 Å². The van der Waals surface area contributed by atoms with Crippen LogP contribution < -0.4 is 5.32 Å². The monoisotopic (exact) mass is 328 g/mol. The van der Waals surface area contributed by atoms with Gasteiger partial charge in [0, 0.05) is 12.0 Å². The Balaban J connectivity index is 1.65. The molecule has 1 amide bonds. The highest BCUT2D eigenvalue weighted by molar-refractivity contribution is 7.91. The molecule has 1 aliphatic carbocycles. The van der Waals surface area contributed by atoms with E-state index >= 15 is 0 Å². The fourth-order valence-corrected chi connectivity index (χ4v) is 6.19. The maximum Gasteiger partial charge on any atom is 0.223 e. The number of nitrogens with zero attached hydrogens (tertiary/aromatic N) is 1. The van der Waals surface area contributed by atoms with E-state index in [-0.39, 0.29) is 35.4 Å². The van der Waals surface area contributed by atoms with E-state index in [9.17, 15) is 13.2 Å². The first-order chi connectivity index (χ1) is 10.6. The molecule has 3 rings (SSSR count). The van der Waals surface area contributed by atoms with Crippen LogP contribution in [0.25, 0.3) is 0 Å². The van der Waals surface area contributed by atoms with Gasteiger partial charge >= 0.3 is 0 Å². The van der Waals surface area contributed by atoms with Crippen LogP contribution in [0, 0.1) is 5.92 Å². The summed E-state index contributed by atoms with van der Waals surface area (Å²) in [5.74, 6) is 0.512. The van der Waals surface area contributed by atoms with Crippen LogP contribution in [0.5, 0.6) is 0 Å². The van der Waals surface area contributed by atoms with Crippen LogP contribution >= 0.6 is 0 Å². The Bertz CT molecular complexity index is 494. The molecule has 0 aromatic carbocycles. The quantitative estimate of drug-likeness (QED) is 0.849. The second kappa shape index (κ2) is 6.87. The molecule has 1 saturated carbocycles. The molecule has 5 nitrogen and oxygen atoms in total. The van der Waals surface area contributed by atoms with Gasteiger partial charge in [-0.25, -0.2) is 8.42 Å². The summed E-state index contributed by atoms with van der Waals surface area (Å²) < 4.78 is 24.1. The van der Waals surface area contributed by atoms with Gasteiger partial charge in [0.05, 0.1) is 17.5 Å². The fourth-order valence-electron chi connectivity index (χ4n) is 4.24. The van der Waals surface area contributed by atoms with Crippen LogP contribution in [-0.2, 0) is 14.6 Å². The normalized spacial score (nSPS) is 33.6. The smallest absolute Gasteiger partial charge is 0.223 e. The molecule has 2 aliphatic heterocycles. The third-order valence-corrected chi connectivity index (χ3v) is 7.20. The molecule has 2 heterocycles. The van der Waals surface area contributed by atoms with Gasteiger partial charge in [-0.2, -0.15) is 0 Å². The number of likely N-dealkylation sites (tertiary alicyclic amines) is 1. The van der Waals surface area contributed by atoms with Crippen molar-refractivity contribution in [3.8, 4) is 0 Å². The summed E-state index contributed by atoms with van der Waals surface area (Å²) in [4.78, 5) is 14.8. The van der Waals surface area contributed by atoms with Gasteiger partial charge in [-0.3, -0.25) is 9.69 Å². The van der Waals surface area contributed by atoms with Crippen molar-refractivity contribution in [2.24, 2.45) is 5.92 Å². The van der Waals surface area contributed by atoms with E-state index in [0.717, 1.165) is 51.6 Å². The average molecular weight is 328 g/mol. The molecule has 2 atom stereocenters. The van der Waals surface area contributed by atoms with Crippen molar-refractivity contribution >= 4 is 15.7 Å². The number of hydrogen-bond acceptors (Lipinski definition) is 4. The highest BCUT2D eigenvalue weighted by atomic mass is 32.2. The van der Waals surface area contributed by atoms with Gasteiger partial charge in [0.1, 0.15) is 0 Å². The third-order valence-electron chi connectivity index (χ3n) is 5.49. The van der Waals surface area contributed by atoms with Crippen LogP contribution in [0.2, 0.25) is 0 Å². The number of carbonyl (C=O) groups is 1. The van der Waals surface area contributed by atoms with Gasteiger partial charge in [0.25, 0.3) is 0 Å². The van der Waals surface area contributed by atoms with Gasteiger partial charge in [0.2, 0.25) is 5.91 Å². The Morgan fingerprint density at radius 3 is 2.23 bits per heavy atom. The zero-order valence-electron chi connectivity index (χ0n) is 13.3. The first-order valence-electron chi connectivity index (χ1n) is 8.80. The minimum atomic E-state index is -3.03. The van der Waals surface area contributed by atoms with E-state index in [1.807, 2.05) is 0 Å². The maximum absolute atomic E-state index is 12.5. The highest BCUT2D eigenvalue weighted by Crippen LogP contribution is 2.26. The van der Waals surface area contributed by atoms with Gasteiger partial charge in [-0.05, 0) is 38.8 Å². The molecular weight excluding hydrogens is 300 g/mol. The predicted molar refractivity (Wildman–Crippen MR) is 86.4 cm³/mol. The molecule has 2 saturated heterocycles. The van der Waals surface area contributed by atoms with Gasteiger partial charge in [-0.1, -0.05) is 25.7 Å². The summed E-state index contributed by atoms with van der Waals surface area (Å²) in [5, 5.41) is 3.09. The lowest BCUT2D eigenvalue weighted by Crippen LogP contribution is -2.53. The lowest BCUT2D eigenvalue weighted by molar-refractivity contribution is -0.126. The van der Waals surface area contributed by atoms with Crippen molar-refractivity contribution in [3.05, 3.63) is 0 Å². The van der Waals surface area contributed by atoms with Gasteiger partial charge < -0.3 is 5.32 Å².